The van der Waals surface area contributed by atoms with Crippen molar-refractivity contribution in [2.24, 2.45) is 0 Å². The minimum atomic E-state index is -0.557. The first-order chi connectivity index (χ1) is 9.47. The zero-order valence-electron chi connectivity index (χ0n) is 11.5. The van der Waals surface area contributed by atoms with E-state index in [9.17, 15) is 14.0 Å². The van der Waals surface area contributed by atoms with Gasteiger partial charge in [-0.1, -0.05) is 12.1 Å². The number of amides is 3. The molecule has 1 fully saturated rings. The Labute approximate surface area is 117 Å². The highest BCUT2D eigenvalue weighted by Gasteiger charge is 2.34. The van der Waals surface area contributed by atoms with E-state index in [2.05, 4.69) is 10.6 Å². The number of nitrogens with one attached hydrogen (secondary N) is 2. The van der Waals surface area contributed by atoms with Gasteiger partial charge in [-0.05, 0) is 31.5 Å². The zero-order chi connectivity index (χ0) is 14.7. The van der Waals surface area contributed by atoms with E-state index in [0.29, 0.717) is 12.1 Å². The lowest BCUT2D eigenvalue weighted by molar-refractivity contribution is -0.122. The van der Waals surface area contributed by atoms with Gasteiger partial charge in [0.15, 0.2) is 0 Å². The standard InChI is InChI=1S/C14H18FN3O2/c1-9(2)18-8-12(17-14(18)20)13(19)16-7-10-4-3-5-11(15)6-10/h3-6,9,12H,7-8H2,1-2H3,(H,16,19)(H,17,20). The molecule has 1 heterocycles. The van der Waals surface area contributed by atoms with E-state index in [1.165, 1.54) is 12.1 Å². The number of urea groups is 1. The van der Waals surface area contributed by atoms with Crippen LogP contribution in [0.3, 0.4) is 0 Å². The molecule has 0 bridgehead atoms. The van der Waals surface area contributed by atoms with E-state index in [1.54, 1.807) is 17.0 Å². The van der Waals surface area contributed by atoms with Gasteiger partial charge in [-0.15, -0.1) is 0 Å². The van der Waals surface area contributed by atoms with Gasteiger partial charge in [0, 0.05) is 12.6 Å². The van der Waals surface area contributed by atoms with Gasteiger partial charge in [0.25, 0.3) is 0 Å². The van der Waals surface area contributed by atoms with Crippen LogP contribution in [-0.4, -0.2) is 35.5 Å². The molecule has 0 spiro atoms. The number of rotatable bonds is 4. The number of halogens is 1. The minimum Gasteiger partial charge on any atom is -0.350 e. The summed E-state index contributed by atoms with van der Waals surface area (Å²) in [7, 11) is 0. The molecule has 1 unspecified atom stereocenters. The molecule has 1 saturated heterocycles. The van der Waals surface area contributed by atoms with Gasteiger partial charge in [-0.2, -0.15) is 0 Å². The molecular formula is C14H18FN3O2. The number of carbonyl (C=O) groups is 2. The average molecular weight is 279 g/mol. The first kappa shape index (κ1) is 14.3. The highest BCUT2D eigenvalue weighted by atomic mass is 19.1. The molecule has 20 heavy (non-hydrogen) atoms. The van der Waals surface area contributed by atoms with Crippen LogP contribution in [-0.2, 0) is 11.3 Å². The first-order valence-corrected chi connectivity index (χ1v) is 6.56. The summed E-state index contributed by atoms with van der Waals surface area (Å²) in [5.41, 5.74) is 0.684. The monoisotopic (exact) mass is 279 g/mol. The molecule has 2 rings (SSSR count). The lowest BCUT2D eigenvalue weighted by Crippen LogP contribution is -2.42. The van der Waals surface area contributed by atoms with Gasteiger partial charge in [-0.3, -0.25) is 4.79 Å². The Balaban J connectivity index is 1.89. The summed E-state index contributed by atoms with van der Waals surface area (Å²) in [4.78, 5) is 25.2. The maximum absolute atomic E-state index is 13.0. The van der Waals surface area contributed by atoms with Crippen molar-refractivity contribution in [2.75, 3.05) is 6.54 Å². The third kappa shape index (κ3) is 3.26. The fourth-order valence-corrected chi connectivity index (χ4v) is 2.11. The quantitative estimate of drug-likeness (QED) is 0.871. The molecule has 1 aromatic rings. The second-order valence-electron chi connectivity index (χ2n) is 5.10. The van der Waals surface area contributed by atoms with Gasteiger partial charge in [0.05, 0.1) is 6.54 Å². The lowest BCUT2D eigenvalue weighted by atomic mass is 10.2. The highest BCUT2D eigenvalue weighted by molar-refractivity contribution is 5.90. The minimum absolute atomic E-state index is 0.0519. The van der Waals surface area contributed by atoms with Crippen molar-refractivity contribution in [1.29, 1.82) is 0 Å². The van der Waals surface area contributed by atoms with Crippen LogP contribution in [0.5, 0.6) is 0 Å². The van der Waals surface area contributed by atoms with E-state index in [1.807, 2.05) is 13.8 Å². The topological polar surface area (TPSA) is 61.4 Å². The van der Waals surface area contributed by atoms with Crippen molar-refractivity contribution < 1.29 is 14.0 Å². The van der Waals surface area contributed by atoms with Crippen LogP contribution in [0.25, 0.3) is 0 Å². The van der Waals surface area contributed by atoms with Gasteiger partial charge in [-0.25, -0.2) is 9.18 Å². The molecule has 0 aromatic heterocycles. The molecular weight excluding hydrogens is 261 g/mol. The molecule has 108 valence electrons. The SMILES string of the molecule is CC(C)N1CC(C(=O)NCc2cccc(F)c2)NC1=O. The fraction of sp³-hybridized carbons (Fsp3) is 0.429. The predicted octanol–water partition coefficient (Wildman–Crippen LogP) is 1.24. The van der Waals surface area contributed by atoms with Gasteiger partial charge >= 0.3 is 6.03 Å². The van der Waals surface area contributed by atoms with Crippen molar-refractivity contribution in [3.8, 4) is 0 Å². The van der Waals surface area contributed by atoms with Crippen LogP contribution in [0.4, 0.5) is 9.18 Å². The Morgan fingerprint density at radius 3 is 2.90 bits per heavy atom. The molecule has 0 aliphatic carbocycles. The Kier molecular flexibility index (Phi) is 4.22. The normalized spacial score (nSPS) is 18.3. The van der Waals surface area contributed by atoms with E-state index in [-0.39, 0.29) is 30.3 Å². The van der Waals surface area contributed by atoms with Crippen molar-refractivity contribution in [1.82, 2.24) is 15.5 Å². The smallest absolute Gasteiger partial charge is 0.318 e. The van der Waals surface area contributed by atoms with Crippen molar-refractivity contribution in [3.63, 3.8) is 0 Å². The molecule has 1 atom stereocenters. The summed E-state index contributed by atoms with van der Waals surface area (Å²) in [6.07, 6.45) is 0. The maximum Gasteiger partial charge on any atom is 0.318 e. The Morgan fingerprint density at radius 1 is 1.55 bits per heavy atom. The van der Waals surface area contributed by atoms with Gasteiger partial charge in [0.1, 0.15) is 11.9 Å². The van der Waals surface area contributed by atoms with Crippen molar-refractivity contribution in [2.45, 2.75) is 32.5 Å². The maximum atomic E-state index is 13.0. The lowest BCUT2D eigenvalue weighted by Gasteiger charge is -2.18. The molecule has 3 amide bonds. The van der Waals surface area contributed by atoms with E-state index in [4.69, 9.17) is 0 Å². The largest absolute Gasteiger partial charge is 0.350 e. The molecule has 1 aliphatic heterocycles. The second kappa shape index (κ2) is 5.90. The predicted molar refractivity (Wildman–Crippen MR) is 72.4 cm³/mol. The number of hydrogen-bond acceptors (Lipinski definition) is 2. The number of benzene rings is 1. The number of hydrogen-bond donors (Lipinski definition) is 2. The Bertz CT molecular complexity index is 519. The fourth-order valence-electron chi connectivity index (χ4n) is 2.11. The third-order valence-corrected chi connectivity index (χ3v) is 3.23. The summed E-state index contributed by atoms with van der Waals surface area (Å²) >= 11 is 0. The van der Waals surface area contributed by atoms with Crippen LogP contribution in [0.2, 0.25) is 0 Å². The molecule has 1 aromatic carbocycles. The summed E-state index contributed by atoms with van der Waals surface area (Å²) in [5.74, 6) is -0.595. The van der Waals surface area contributed by atoms with Crippen LogP contribution in [0.1, 0.15) is 19.4 Å². The summed E-state index contributed by atoms with van der Waals surface area (Å²) < 4.78 is 13.0. The Hall–Kier alpha value is -2.11. The van der Waals surface area contributed by atoms with E-state index < -0.39 is 6.04 Å². The first-order valence-electron chi connectivity index (χ1n) is 6.56. The third-order valence-electron chi connectivity index (χ3n) is 3.23. The summed E-state index contributed by atoms with van der Waals surface area (Å²) in [6.45, 7) is 4.38. The molecule has 2 N–H and O–H groups in total. The number of carbonyl (C=O) groups excluding carboxylic acids is 2. The van der Waals surface area contributed by atoms with Crippen LogP contribution >= 0.6 is 0 Å². The number of nitrogens with zero attached hydrogens (tertiary/aromatic N) is 1. The van der Waals surface area contributed by atoms with Crippen molar-refractivity contribution in [3.05, 3.63) is 35.6 Å². The molecule has 5 nitrogen and oxygen atoms in total. The second-order valence-corrected chi connectivity index (χ2v) is 5.10. The van der Waals surface area contributed by atoms with Gasteiger partial charge < -0.3 is 15.5 Å². The van der Waals surface area contributed by atoms with Crippen LogP contribution in [0.15, 0.2) is 24.3 Å². The average Bonchev–Trinajstić information content (AvgIpc) is 2.78. The molecule has 0 saturated carbocycles. The molecule has 0 radical (unpaired) electrons. The Morgan fingerprint density at radius 2 is 2.30 bits per heavy atom. The van der Waals surface area contributed by atoms with Crippen LogP contribution < -0.4 is 10.6 Å². The van der Waals surface area contributed by atoms with E-state index >= 15 is 0 Å². The summed E-state index contributed by atoms with van der Waals surface area (Å²) in [6, 6.07) is 5.31. The van der Waals surface area contributed by atoms with E-state index in [0.717, 1.165) is 0 Å². The van der Waals surface area contributed by atoms with Crippen LogP contribution in [0, 0.1) is 5.82 Å². The molecule has 1 aliphatic rings. The zero-order valence-corrected chi connectivity index (χ0v) is 11.5. The van der Waals surface area contributed by atoms with Crippen molar-refractivity contribution >= 4 is 11.9 Å². The molecule has 6 heteroatoms. The summed E-state index contributed by atoms with van der Waals surface area (Å²) in [5, 5.41) is 5.33. The van der Waals surface area contributed by atoms with Gasteiger partial charge in [0.2, 0.25) is 5.91 Å². The highest BCUT2D eigenvalue weighted by Crippen LogP contribution is 2.09.